The molecule has 0 aliphatic rings. The molecule has 4 heteroatoms. The van der Waals surface area contributed by atoms with Crippen molar-refractivity contribution in [3.05, 3.63) is 34.9 Å². The fourth-order valence-electron chi connectivity index (χ4n) is 2.26. The first-order chi connectivity index (χ1) is 8.32. The third-order valence-electron chi connectivity index (χ3n) is 3.40. The summed E-state index contributed by atoms with van der Waals surface area (Å²) in [7, 11) is 0. The van der Waals surface area contributed by atoms with Crippen molar-refractivity contribution in [3.8, 4) is 0 Å². The van der Waals surface area contributed by atoms with Crippen LogP contribution in [0, 0.1) is 0 Å². The van der Waals surface area contributed by atoms with Gasteiger partial charge in [0.05, 0.1) is 0 Å². The van der Waals surface area contributed by atoms with Crippen LogP contribution in [0.25, 0.3) is 0 Å². The molecule has 1 unspecified atom stereocenters. The number of carboxylic acid groups (broad SMARTS) is 1. The Kier molecular flexibility index (Phi) is 4.77. The van der Waals surface area contributed by atoms with Gasteiger partial charge in [-0.15, -0.1) is 0 Å². The van der Waals surface area contributed by atoms with Crippen molar-refractivity contribution >= 4 is 17.6 Å². The molecule has 0 aliphatic carbocycles. The third-order valence-corrected chi connectivity index (χ3v) is 3.75. The normalized spacial score (nSPS) is 13.7. The van der Waals surface area contributed by atoms with Crippen molar-refractivity contribution in [1.29, 1.82) is 0 Å². The Morgan fingerprint density at radius 2 is 2.00 bits per heavy atom. The number of carbonyl (C=O) groups is 1. The van der Waals surface area contributed by atoms with Crippen LogP contribution in [-0.2, 0) is 4.79 Å². The largest absolute Gasteiger partial charge is 0.480 e. The van der Waals surface area contributed by atoms with E-state index in [2.05, 4.69) is 0 Å². The van der Waals surface area contributed by atoms with Gasteiger partial charge >= 0.3 is 5.97 Å². The number of nitrogens with zero attached hydrogens (tertiary/aromatic N) is 1. The van der Waals surface area contributed by atoms with Crippen LogP contribution in [0.3, 0.4) is 0 Å². The lowest BCUT2D eigenvalue weighted by Gasteiger charge is -2.39. The monoisotopic (exact) mass is 269 g/mol. The SMILES string of the molecule is CCN(C(C)c1ccccc1Cl)C(C)(C)C(=O)O. The summed E-state index contributed by atoms with van der Waals surface area (Å²) in [4.78, 5) is 13.3. The maximum atomic E-state index is 11.4. The van der Waals surface area contributed by atoms with Gasteiger partial charge in [-0.3, -0.25) is 9.69 Å². The molecule has 0 fully saturated rings. The van der Waals surface area contributed by atoms with Crippen LogP contribution < -0.4 is 0 Å². The molecule has 0 aromatic heterocycles. The van der Waals surface area contributed by atoms with Crippen LogP contribution in [0.4, 0.5) is 0 Å². The summed E-state index contributed by atoms with van der Waals surface area (Å²) in [5, 5.41) is 10.0. The number of benzene rings is 1. The molecule has 1 rings (SSSR count). The second-order valence-electron chi connectivity index (χ2n) is 4.85. The Balaban J connectivity index is 3.11. The molecule has 1 aromatic rings. The van der Waals surface area contributed by atoms with Gasteiger partial charge in [0.1, 0.15) is 5.54 Å². The van der Waals surface area contributed by atoms with Gasteiger partial charge in [-0.05, 0) is 38.9 Å². The van der Waals surface area contributed by atoms with Crippen LogP contribution in [0.2, 0.25) is 5.02 Å². The zero-order chi connectivity index (χ0) is 13.9. The van der Waals surface area contributed by atoms with Crippen molar-refractivity contribution in [3.63, 3.8) is 0 Å². The van der Waals surface area contributed by atoms with Crippen LogP contribution in [0.5, 0.6) is 0 Å². The van der Waals surface area contributed by atoms with E-state index < -0.39 is 11.5 Å². The van der Waals surface area contributed by atoms with Crippen LogP contribution >= 0.6 is 11.6 Å². The summed E-state index contributed by atoms with van der Waals surface area (Å²) >= 11 is 6.18. The lowest BCUT2D eigenvalue weighted by molar-refractivity contribution is -0.150. The van der Waals surface area contributed by atoms with E-state index in [1.165, 1.54) is 0 Å². The summed E-state index contributed by atoms with van der Waals surface area (Å²) in [5.74, 6) is -0.830. The average molecular weight is 270 g/mol. The standard InChI is InChI=1S/C14H20ClNO2/c1-5-16(14(3,4)13(17)18)10(2)11-8-6-7-9-12(11)15/h6-10H,5H2,1-4H3,(H,17,18). The number of likely N-dealkylation sites (N-methyl/N-ethyl adjacent to an activating group) is 1. The minimum absolute atomic E-state index is 0.0465. The van der Waals surface area contributed by atoms with Crippen LogP contribution in [0.1, 0.15) is 39.3 Å². The maximum absolute atomic E-state index is 11.4. The van der Waals surface area contributed by atoms with Gasteiger partial charge in [0.15, 0.2) is 0 Å². The zero-order valence-corrected chi connectivity index (χ0v) is 12.0. The second-order valence-corrected chi connectivity index (χ2v) is 5.25. The second kappa shape index (κ2) is 5.72. The highest BCUT2D eigenvalue weighted by atomic mass is 35.5. The molecule has 1 N–H and O–H groups in total. The molecule has 0 aliphatic heterocycles. The Hall–Kier alpha value is -1.06. The van der Waals surface area contributed by atoms with E-state index in [-0.39, 0.29) is 6.04 Å². The Morgan fingerprint density at radius 3 is 2.44 bits per heavy atom. The fourth-order valence-corrected chi connectivity index (χ4v) is 2.55. The number of halogens is 1. The number of hydrogen-bond acceptors (Lipinski definition) is 2. The third kappa shape index (κ3) is 2.85. The van der Waals surface area contributed by atoms with Crippen molar-refractivity contribution in [2.45, 2.75) is 39.3 Å². The molecule has 0 saturated heterocycles. The van der Waals surface area contributed by atoms with E-state index in [1.54, 1.807) is 13.8 Å². The summed E-state index contributed by atoms with van der Waals surface area (Å²) < 4.78 is 0. The minimum Gasteiger partial charge on any atom is -0.480 e. The maximum Gasteiger partial charge on any atom is 0.323 e. The zero-order valence-electron chi connectivity index (χ0n) is 11.3. The van der Waals surface area contributed by atoms with Gasteiger partial charge in [-0.2, -0.15) is 0 Å². The molecule has 0 heterocycles. The van der Waals surface area contributed by atoms with E-state index >= 15 is 0 Å². The van der Waals surface area contributed by atoms with Gasteiger partial charge in [0.2, 0.25) is 0 Å². The molecule has 3 nitrogen and oxygen atoms in total. The van der Waals surface area contributed by atoms with Crippen LogP contribution in [0.15, 0.2) is 24.3 Å². The molecular formula is C14H20ClNO2. The molecule has 0 bridgehead atoms. The molecule has 0 radical (unpaired) electrons. The van der Waals surface area contributed by atoms with Gasteiger partial charge in [0, 0.05) is 11.1 Å². The van der Waals surface area contributed by atoms with E-state index in [1.807, 2.05) is 43.0 Å². The minimum atomic E-state index is -0.923. The van der Waals surface area contributed by atoms with E-state index in [4.69, 9.17) is 11.6 Å². The fraction of sp³-hybridized carbons (Fsp3) is 0.500. The number of carboxylic acids is 1. The Morgan fingerprint density at radius 1 is 1.44 bits per heavy atom. The van der Waals surface area contributed by atoms with Gasteiger partial charge in [0.25, 0.3) is 0 Å². The van der Waals surface area contributed by atoms with Gasteiger partial charge < -0.3 is 5.11 Å². The van der Waals surface area contributed by atoms with Crippen molar-refractivity contribution in [2.75, 3.05) is 6.54 Å². The summed E-state index contributed by atoms with van der Waals surface area (Å²) in [6, 6.07) is 7.51. The lowest BCUT2D eigenvalue weighted by Crippen LogP contribution is -2.51. The highest BCUT2D eigenvalue weighted by Crippen LogP contribution is 2.31. The van der Waals surface area contributed by atoms with Gasteiger partial charge in [-0.25, -0.2) is 0 Å². The quantitative estimate of drug-likeness (QED) is 0.888. The van der Waals surface area contributed by atoms with E-state index in [0.717, 1.165) is 5.56 Å². The Bertz CT molecular complexity index is 432. The molecule has 0 saturated carbocycles. The number of hydrogen-bond donors (Lipinski definition) is 1. The van der Waals surface area contributed by atoms with Crippen LogP contribution in [-0.4, -0.2) is 28.1 Å². The summed E-state index contributed by atoms with van der Waals surface area (Å²) in [5.41, 5.74) is 0.0307. The first-order valence-electron chi connectivity index (χ1n) is 6.07. The number of aliphatic carboxylic acids is 1. The smallest absolute Gasteiger partial charge is 0.323 e. The molecule has 1 atom stereocenters. The van der Waals surface area contributed by atoms with Gasteiger partial charge in [-0.1, -0.05) is 36.7 Å². The molecule has 18 heavy (non-hydrogen) atoms. The predicted octanol–water partition coefficient (Wildman–Crippen LogP) is 3.59. The molecular weight excluding hydrogens is 250 g/mol. The summed E-state index contributed by atoms with van der Waals surface area (Å²) in [6.07, 6.45) is 0. The molecule has 1 aromatic carbocycles. The molecule has 0 spiro atoms. The van der Waals surface area contributed by atoms with E-state index in [9.17, 15) is 9.90 Å². The molecule has 0 amide bonds. The van der Waals surface area contributed by atoms with Crippen molar-refractivity contribution < 1.29 is 9.90 Å². The first-order valence-corrected chi connectivity index (χ1v) is 6.44. The average Bonchev–Trinajstić information content (AvgIpc) is 2.29. The lowest BCUT2D eigenvalue weighted by atomic mass is 9.97. The highest BCUT2D eigenvalue weighted by molar-refractivity contribution is 6.31. The highest BCUT2D eigenvalue weighted by Gasteiger charge is 2.37. The van der Waals surface area contributed by atoms with Crippen molar-refractivity contribution in [1.82, 2.24) is 4.90 Å². The first kappa shape index (κ1) is 15.0. The van der Waals surface area contributed by atoms with Crippen molar-refractivity contribution in [2.24, 2.45) is 0 Å². The topological polar surface area (TPSA) is 40.5 Å². The Labute approximate surface area is 113 Å². The molecule has 100 valence electrons. The number of rotatable bonds is 5. The summed E-state index contributed by atoms with van der Waals surface area (Å²) in [6.45, 7) is 8.01. The van der Waals surface area contributed by atoms with E-state index in [0.29, 0.717) is 11.6 Å². The predicted molar refractivity (Wildman–Crippen MR) is 74.0 cm³/mol.